The second-order valence-electron chi connectivity index (χ2n) is 5.26. The molecule has 2 aromatic carbocycles. The molecule has 2 aromatic rings. The number of para-hydroxylation sites is 1. The summed E-state index contributed by atoms with van der Waals surface area (Å²) in [5.41, 5.74) is -0.740. The van der Waals surface area contributed by atoms with Crippen LogP contribution < -0.4 is 15.4 Å². The molecule has 0 spiro atoms. The number of allylic oxidation sites excluding steroid dienone is 1. The first kappa shape index (κ1) is 19.3. The molecule has 8 heteroatoms. The molecule has 2 amide bonds. The predicted octanol–water partition coefficient (Wildman–Crippen LogP) is 5.23. The predicted molar refractivity (Wildman–Crippen MR) is 90.9 cm³/mol. The minimum atomic E-state index is -4.58. The van der Waals surface area contributed by atoms with E-state index in [-0.39, 0.29) is 17.1 Å². The fourth-order valence-electron chi connectivity index (χ4n) is 2.28. The van der Waals surface area contributed by atoms with Gasteiger partial charge in [0.2, 0.25) is 0 Å². The highest BCUT2D eigenvalue weighted by atomic mass is 19.4. The molecule has 0 aliphatic heterocycles. The Kier molecular flexibility index (Phi) is 5.86. The van der Waals surface area contributed by atoms with Crippen LogP contribution in [0.25, 0.3) is 0 Å². The summed E-state index contributed by atoms with van der Waals surface area (Å²) in [5, 5.41) is 4.56. The van der Waals surface area contributed by atoms with Crippen LogP contribution in [-0.4, -0.2) is 13.1 Å². The number of hydrogen-bond acceptors (Lipinski definition) is 2. The standard InChI is InChI=1S/C18H16F4N2O2/c1-3-5-11-6-4-7-13(19)16(11)24-17(25)23-14-10-12(18(20,21)22)8-9-15(14)26-2/h3-4,6-10H,1,5H2,2H3,(H2,23,24,25). The van der Waals surface area contributed by atoms with Crippen LogP contribution in [0.1, 0.15) is 11.1 Å². The van der Waals surface area contributed by atoms with Gasteiger partial charge in [0.05, 0.1) is 24.0 Å². The maximum atomic E-state index is 14.0. The first-order chi connectivity index (χ1) is 12.3. The first-order valence-electron chi connectivity index (χ1n) is 7.47. The third kappa shape index (κ3) is 4.53. The molecule has 0 radical (unpaired) electrons. The van der Waals surface area contributed by atoms with Gasteiger partial charge in [-0.1, -0.05) is 18.2 Å². The number of alkyl halides is 3. The zero-order chi connectivity index (χ0) is 19.3. The number of benzene rings is 2. The molecule has 0 aromatic heterocycles. The molecule has 0 heterocycles. The van der Waals surface area contributed by atoms with Gasteiger partial charge in [-0.05, 0) is 36.2 Å². The first-order valence-corrected chi connectivity index (χ1v) is 7.47. The summed E-state index contributed by atoms with van der Waals surface area (Å²) in [6, 6.07) is 6.00. The molecule has 0 atom stereocenters. The van der Waals surface area contributed by atoms with Crippen LogP contribution in [0.15, 0.2) is 49.1 Å². The van der Waals surface area contributed by atoms with Crippen LogP contribution in [0.2, 0.25) is 0 Å². The van der Waals surface area contributed by atoms with Crippen LogP contribution in [0.3, 0.4) is 0 Å². The minimum absolute atomic E-state index is 0.0352. The van der Waals surface area contributed by atoms with E-state index >= 15 is 0 Å². The number of carbonyl (C=O) groups excluding carboxylic acids is 1. The lowest BCUT2D eigenvalue weighted by Crippen LogP contribution is -2.22. The summed E-state index contributed by atoms with van der Waals surface area (Å²) in [6.07, 6.45) is -2.74. The summed E-state index contributed by atoms with van der Waals surface area (Å²) in [5.74, 6) is -0.636. The number of urea groups is 1. The highest BCUT2D eigenvalue weighted by Crippen LogP contribution is 2.35. The Balaban J connectivity index is 2.27. The summed E-state index contributed by atoms with van der Waals surface area (Å²) < 4.78 is 57.5. The molecular weight excluding hydrogens is 352 g/mol. The van der Waals surface area contributed by atoms with E-state index in [0.717, 1.165) is 24.3 Å². The van der Waals surface area contributed by atoms with Gasteiger partial charge < -0.3 is 15.4 Å². The normalized spacial score (nSPS) is 11.0. The molecule has 0 aliphatic carbocycles. The molecule has 0 aliphatic rings. The fourth-order valence-corrected chi connectivity index (χ4v) is 2.28. The minimum Gasteiger partial charge on any atom is -0.495 e. The van der Waals surface area contributed by atoms with Crippen molar-refractivity contribution >= 4 is 17.4 Å². The van der Waals surface area contributed by atoms with E-state index in [1.807, 2.05) is 0 Å². The number of halogens is 4. The monoisotopic (exact) mass is 368 g/mol. The summed E-state index contributed by atoms with van der Waals surface area (Å²) >= 11 is 0. The van der Waals surface area contributed by atoms with Crippen LogP contribution in [0.4, 0.5) is 33.7 Å². The Morgan fingerprint density at radius 1 is 1.23 bits per heavy atom. The lowest BCUT2D eigenvalue weighted by atomic mass is 10.1. The van der Waals surface area contributed by atoms with Crippen molar-refractivity contribution in [3.05, 3.63) is 66.0 Å². The zero-order valence-corrected chi connectivity index (χ0v) is 13.8. The number of ether oxygens (including phenoxy) is 1. The maximum Gasteiger partial charge on any atom is 0.416 e. The highest BCUT2D eigenvalue weighted by Gasteiger charge is 2.31. The van der Waals surface area contributed by atoms with Crippen molar-refractivity contribution in [2.45, 2.75) is 12.6 Å². The molecule has 138 valence electrons. The Morgan fingerprint density at radius 3 is 2.58 bits per heavy atom. The number of rotatable bonds is 5. The number of amides is 2. The summed E-state index contributed by atoms with van der Waals surface area (Å²) in [6.45, 7) is 3.56. The van der Waals surface area contributed by atoms with Crippen LogP contribution in [-0.2, 0) is 12.6 Å². The lowest BCUT2D eigenvalue weighted by Gasteiger charge is -2.15. The molecule has 4 nitrogen and oxygen atoms in total. The number of hydrogen-bond donors (Lipinski definition) is 2. The second kappa shape index (κ2) is 7.90. The van der Waals surface area contributed by atoms with Crippen molar-refractivity contribution in [3.63, 3.8) is 0 Å². The quantitative estimate of drug-likeness (QED) is 0.561. The molecule has 2 N–H and O–H groups in total. The van der Waals surface area contributed by atoms with Crippen molar-refractivity contribution in [1.82, 2.24) is 0 Å². The van der Waals surface area contributed by atoms with E-state index in [9.17, 15) is 22.4 Å². The van der Waals surface area contributed by atoms with Crippen molar-refractivity contribution in [2.24, 2.45) is 0 Å². The van der Waals surface area contributed by atoms with E-state index in [4.69, 9.17) is 4.74 Å². The second-order valence-corrected chi connectivity index (χ2v) is 5.26. The van der Waals surface area contributed by atoms with E-state index < -0.39 is 23.6 Å². The van der Waals surface area contributed by atoms with E-state index in [1.165, 1.54) is 19.3 Å². The molecule has 0 saturated carbocycles. The average molecular weight is 368 g/mol. The van der Waals surface area contributed by atoms with Gasteiger partial charge >= 0.3 is 12.2 Å². The Morgan fingerprint density at radius 2 is 1.96 bits per heavy atom. The zero-order valence-electron chi connectivity index (χ0n) is 13.8. The van der Waals surface area contributed by atoms with Crippen molar-refractivity contribution in [2.75, 3.05) is 17.7 Å². The Labute approximate surface area is 147 Å². The third-order valence-corrected chi connectivity index (χ3v) is 3.48. The van der Waals surface area contributed by atoms with Gasteiger partial charge in [0.15, 0.2) is 0 Å². The molecule has 0 saturated heterocycles. The van der Waals surface area contributed by atoms with Gasteiger partial charge in [-0.3, -0.25) is 0 Å². The average Bonchev–Trinajstić information content (AvgIpc) is 2.57. The lowest BCUT2D eigenvalue weighted by molar-refractivity contribution is -0.137. The number of carbonyl (C=O) groups is 1. The third-order valence-electron chi connectivity index (χ3n) is 3.48. The Bertz CT molecular complexity index is 819. The van der Waals surface area contributed by atoms with Crippen LogP contribution in [0.5, 0.6) is 5.75 Å². The van der Waals surface area contributed by atoms with Gasteiger partial charge in [-0.2, -0.15) is 13.2 Å². The Hall–Kier alpha value is -3.03. The molecule has 0 bridgehead atoms. The highest BCUT2D eigenvalue weighted by molar-refractivity contribution is 6.01. The van der Waals surface area contributed by atoms with Crippen LogP contribution in [0, 0.1) is 5.82 Å². The molecule has 0 unspecified atom stereocenters. The van der Waals surface area contributed by atoms with Crippen molar-refractivity contribution in [3.8, 4) is 5.75 Å². The SMILES string of the molecule is C=CCc1cccc(F)c1NC(=O)Nc1cc(C(F)(F)F)ccc1OC. The topological polar surface area (TPSA) is 50.4 Å². The fraction of sp³-hybridized carbons (Fsp3) is 0.167. The van der Waals surface area contributed by atoms with E-state index in [0.29, 0.717) is 12.0 Å². The van der Waals surface area contributed by atoms with E-state index in [1.54, 1.807) is 6.07 Å². The molecular formula is C18H16F4N2O2. The number of methoxy groups -OCH3 is 1. The number of anilines is 2. The maximum absolute atomic E-state index is 14.0. The van der Waals surface area contributed by atoms with Crippen LogP contribution >= 0.6 is 0 Å². The van der Waals surface area contributed by atoms with Gasteiger partial charge in [-0.25, -0.2) is 9.18 Å². The van der Waals surface area contributed by atoms with Gasteiger partial charge in [-0.15, -0.1) is 6.58 Å². The summed E-state index contributed by atoms with van der Waals surface area (Å²) in [4.78, 5) is 12.2. The molecule has 26 heavy (non-hydrogen) atoms. The van der Waals surface area contributed by atoms with Crippen molar-refractivity contribution in [1.29, 1.82) is 0 Å². The smallest absolute Gasteiger partial charge is 0.416 e. The van der Waals surface area contributed by atoms with Gasteiger partial charge in [0.1, 0.15) is 11.6 Å². The van der Waals surface area contributed by atoms with Gasteiger partial charge in [0.25, 0.3) is 0 Å². The summed E-state index contributed by atoms with van der Waals surface area (Å²) in [7, 11) is 1.25. The van der Waals surface area contributed by atoms with Crippen molar-refractivity contribution < 1.29 is 27.1 Å². The van der Waals surface area contributed by atoms with E-state index in [2.05, 4.69) is 17.2 Å². The molecule has 0 fully saturated rings. The van der Waals surface area contributed by atoms with Gasteiger partial charge in [0, 0.05) is 0 Å². The largest absolute Gasteiger partial charge is 0.495 e. The number of nitrogens with one attached hydrogen (secondary N) is 2. The molecule has 2 rings (SSSR count).